The maximum absolute atomic E-state index is 12.9. The second-order valence-corrected chi connectivity index (χ2v) is 6.61. The molecule has 2 aromatic carbocycles. The first-order valence-corrected chi connectivity index (χ1v) is 9.08. The van der Waals surface area contributed by atoms with E-state index < -0.39 is 0 Å². The molecule has 0 saturated heterocycles. The predicted molar refractivity (Wildman–Crippen MR) is 104 cm³/mol. The van der Waals surface area contributed by atoms with Gasteiger partial charge in [0.05, 0.1) is 16.8 Å². The fourth-order valence-corrected chi connectivity index (χ4v) is 3.13. The summed E-state index contributed by atoms with van der Waals surface area (Å²) < 4.78 is 0. The minimum atomic E-state index is -0.188. The van der Waals surface area contributed by atoms with Gasteiger partial charge in [0, 0.05) is 17.0 Å². The van der Waals surface area contributed by atoms with E-state index in [0.29, 0.717) is 11.5 Å². The molecule has 1 aliphatic rings. The van der Waals surface area contributed by atoms with Crippen LogP contribution in [0.15, 0.2) is 65.8 Å². The first-order valence-electron chi connectivity index (χ1n) is 9.08. The molecular formula is C22H21N3O. The van der Waals surface area contributed by atoms with Crippen molar-refractivity contribution in [1.82, 2.24) is 10.4 Å². The number of pyridine rings is 1. The molecule has 0 unspecified atom stereocenters. The number of rotatable bonds is 5. The van der Waals surface area contributed by atoms with Gasteiger partial charge in [-0.25, -0.2) is 5.43 Å². The van der Waals surface area contributed by atoms with E-state index in [9.17, 15) is 4.79 Å². The molecular weight excluding hydrogens is 322 g/mol. The quantitative estimate of drug-likeness (QED) is 0.541. The van der Waals surface area contributed by atoms with E-state index in [1.165, 1.54) is 0 Å². The number of benzene rings is 2. The second-order valence-electron chi connectivity index (χ2n) is 6.61. The number of hydrogen-bond donors (Lipinski definition) is 1. The fourth-order valence-electron chi connectivity index (χ4n) is 3.13. The molecule has 0 aliphatic heterocycles. The monoisotopic (exact) mass is 343 g/mol. The van der Waals surface area contributed by atoms with Crippen molar-refractivity contribution < 1.29 is 4.79 Å². The van der Waals surface area contributed by atoms with Crippen LogP contribution < -0.4 is 5.43 Å². The average Bonchev–Trinajstić information content (AvgIpc) is 3.53. The Labute approximate surface area is 153 Å². The van der Waals surface area contributed by atoms with Crippen molar-refractivity contribution in [3.63, 3.8) is 0 Å². The number of nitrogens with one attached hydrogen (secondary N) is 1. The molecule has 4 rings (SSSR count). The molecule has 1 fully saturated rings. The lowest BCUT2D eigenvalue weighted by molar-refractivity contribution is 0.0956. The molecule has 0 spiro atoms. The number of nitrogens with zero attached hydrogens (tertiary/aromatic N) is 2. The molecule has 130 valence electrons. The molecule has 4 heteroatoms. The summed E-state index contributed by atoms with van der Waals surface area (Å²) >= 11 is 0. The van der Waals surface area contributed by atoms with Crippen LogP contribution in [0.5, 0.6) is 0 Å². The van der Waals surface area contributed by atoms with E-state index in [4.69, 9.17) is 4.98 Å². The third-order valence-corrected chi connectivity index (χ3v) is 4.71. The van der Waals surface area contributed by atoms with E-state index in [0.717, 1.165) is 47.1 Å². The lowest BCUT2D eigenvalue weighted by atomic mass is 10.1. The van der Waals surface area contributed by atoms with E-state index in [2.05, 4.69) is 10.5 Å². The van der Waals surface area contributed by atoms with Crippen LogP contribution in [0.4, 0.5) is 0 Å². The summed E-state index contributed by atoms with van der Waals surface area (Å²) in [7, 11) is 0. The molecule has 1 aromatic heterocycles. The summed E-state index contributed by atoms with van der Waals surface area (Å²) in [6.07, 6.45) is 3.05. The molecule has 3 aromatic rings. The van der Waals surface area contributed by atoms with Crippen LogP contribution in [0.3, 0.4) is 0 Å². The van der Waals surface area contributed by atoms with Crippen LogP contribution in [0.25, 0.3) is 10.9 Å². The van der Waals surface area contributed by atoms with E-state index in [-0.39, 0.29) is 5.91 Å². The number of carbonyl (C=O) groups excluding carboxylic acids is 1. The molecule has 0 bridgehead atoms. The number of fused-ring (bicyclic) bond motifs is 1. The first kappa shape index (κ1) is 16.5. The van der Waals surface area contributed by atoms with Gasteiger partial charge in [-0.2, -0.15) is 5.10 Å². The molecule has 1 aliphatic carbocycles. The number of carbonyl (C=O) groups is 1. The molecule has 1 N–H and O–H groups in total. The smallest absolute Gasteiger partial charge is 0.267 e. The third-order valence-electron chi connectivity index (χ3n) is 4.71. The van der Waals surface area contributed by atoms with Crippen LogP contribution in [0, 0.1) is 0 Å². The van der Waals surface area contributed by atoms with Crippen LogP contribution in [-0.4, -0.2) is 16.6 Å². The molecule has 4 nitrogen and oxygen atoms in total. The summed E-state index contributed by atoms with van der Waals surface area (Å²) in [6, 6.07) is 19.6. The minimum Gasteiger partial charge on any atom is -0.267 e. The van der Waals surface area contributed by atoms with Gasteiger partial charge >= 0.3 is 0 Å². The molecule has 0 atom stereocenters. The van der Waals surface area contributed by atoms with Crippen molar-refractivity contribution >= 4 is 22.5 Å². The zero-order valence-corrected chi connectivity index (χ0v) is 14.8. The number of aromatic nitrogens is 1. The Kier molecular flexibility index (Phi) is 4.48. The Balaban J connectivity index is 1.66. The molecule has 1 amide bonds. The Morgan fingerprint density at radius 1 is 1.12 bits per heavy atom. The Bertz CT molecular complexity index is 975. The second kappa shape index (κ2) is 7.08. The molecule has 26 heavy (non-hydrogen) atoms. The van der Waals surface area contributed by atoms with Gasteiger partial charge < -0.3 is 0 Å². The zero-order valence-electron chi connectivity index (χ0n) is 14.8. The summed E-state index contributed by atoms with van der Waals surface area (Å²) in [5, 5.41) is 5.25. The maximum atomic E-state index is 12.9. The van der Waals surface area contributed by atoms with Gasteiger partial charge in [-0.15, -0.1) is 0 Å². The number of hydrazone groups is 1. The van der Waals surface area contributed by atoms with Gasteiger partial charge in [0.1, 0.15) is 0 Å². The standard InChI is InChI=1S/C22H21N3O/c1-2-19(15-8-4-3-5-9-15)24-25-22(26)18-14-21(16-12-13-16)23-20-11-7-6-10-17(18)20/h3-11,14,16H,2,12-13H2,1H3,(H,25,26). The van der Waals surface area contributed by atoms with Gasteiger partial charge in [-0.3, -0.25) is 9.78 Å². The summed E-state index contributed by atoms with van der Waals surface area (Å²) in [5.41, 5.74) is 7.15. The third kappa shape index (κ3) is 3.36. The van der Waals surface area contributed by atoms with Crippen LogP contribution >= 0.6 is 0 Å². The summed E-state index contributed by atoms with van der Waals surface area (Å²) in [6.45, 7) is 2.03. The molecule has 0 radical (unpaired) electrons. The largest absolute Gasteiger partial charge is 0.272 e. The number of amides is 1. The van der Waals surface area contributed by atoms with E-state index in [1.54, 1.807) is 0 Å². The minimum absolute atomic E-state index is 0.188. The van der Waals surface area contributed by atoms with Crippen molar-refractivity contribution in [2.45, 2.75) is 32.1 Å². The lowest BCUT2D eigenvalue weighted by Gasteiger charge is -2.09. The average molecular weight is 343 g/mol. The van der Waals surface area contributed by atoms with Crippen molar-refractivity contribution in [1.29, 1.82) is 0 Å². The van der Waals surface area contributed by atoms with Crippen molar-refractivity contribution in [3.8, 4) is 0 Å². The predicted octanol–water partition coefficient (Wildman–Crippen LogP) is 4.66. The Morgan fingerprint density at radius 3 is 2.58 bits per heavy atom. The summed E-state index contributed by atoms with van der Waals surface area (Å²) in [5.74, 6) is 0.303. The van der Waals surface area contributed by atoms with E-state index >= 15 is 0 Å². The van der Waals surface area contributed by atoms with Gasteiger partial charge in [0.2, 0.25) is 0 Å². The number of hydrogen-bond acceptors (Lipinski definition) is 3. The highest BCUT2D eigenvalue weighted by molar-refractivity contribution is 6.07. The highest BCUT2D eigenvalue weighted by atomic mass is 16.2. The highest BCUT2D eigenvalue weighted by Crippen LogP contribution is 2.40. The van der Waals surface area contributed by atoms with Gasteiger partial charge in [-0.1, -0.05) is 55.5 Å². The van der Waals surface area contributed by atoms with Crippen LogP contribution in [0.1, 0.15) is 53.7 Å². The van der Waals surface area contributed by atoms with Crippen molar-refractivity contribution in [2.75, 3.05) is 0 Å². The Hall–Kier alpha value is -3.01. The highest BCUT2D eigenvalue weighted by Gasteiger charge is 2.26. The maximum Gasteiger partial charge on any atom is 0.272 e. The molecule has 1 heterocycles. The van der Waals surface area contributed by atoms with Gasteiger partial charge in [-0.05, 0) is 37.0 Å². The van der Waals surface area contributed by atoms with Gasteiger partial charge in [0.25, 0.3) is 5.91 Å². The number of para-hydroxylation sites is 1. The first-order chi connectivity index (χ1) is 12.8. The fraction of sp³-hybridized carbons (Fsp3) is 0.227. The zero-order chi connectivity index (χ0) is 17.9. The van der Waals surface area contributed by atoms with Crippen LogP contribution in [0.2, 0.25) is 0 Å². The molecule has 1 saturated carbocycles. The van der Waals surface area contributed by atoms with Crippen molar-refractivity contribution in [2.24, 2.45) is 5.10 Å². The topological polar surface area (TPSA) is 54.4 Å². The van der Waals surface area contributed by atoms with E-state index in [1.807, 2.05) is 67.6 Å². The normalized spacial score (nSPS) is 14.4. The van der Waals surface area contributed by atoms with Crippen molar-refractivity contribution in [3.05, 3.63) is 77.5 Å². The van der Waals surface area contributed by atoms with Gasteiger partial charge in [0.15, 0.2) is 0 Å². The van der Waals surface area contributed by atoms with Crippen LogP contribution in [-0.2, 0) is 0 Å². The lowest BCUT2D eigenvalue weighted by Crippen LogP contribution is -2.20. The SMILES string of the molecule is CCC(=NNC(=O)c1cc(C2CC2)nc2ccccc12)c1ccccc1. The Morgan fingerprint density at radius 2 is 1.85 bits per heavy atom. The summed E-state index contributed by atoms with van der Waals surface area (Å²) in [4.78, 5) is 17.6.